The van der Waals surface area contributed by atoms with E-state index in [1.807, 2.05) is 0 Å². The molecule has 2 rings (SSSR count). The van der Waals surface area contributed by atoms with Crippen LogP contribution in [-0.2, 0) is 13.6 Å². The second-order valence-corrected chi connectivity index (χ2v) is 4.04. The van der Waals surface area contributed by atoms with Gasteiger partial charge in [0.05, 0.1) is 12.1 Å². The number of nitrogens with zero attached hydrogens (tertiary/aromatic N) is 4. The maximum absolute atomic E-state index is 12.0. The first-order valence-electron chi connectivity index (χ1n) is 4.92. The van der Waals surface area contributed by atoms with Crippen molar-refractivity contribution >= 4 is 17.2 Å². The summed E-state index contributed by atoms with van der Waals surface area (Å²) in [4.78, 5) is 12.1. The Morgan fingerprint density at radius 2 is 2.35 bits per heavy atom. The highest BCUT2D eigenvalue weighted by atomic mass is 32.1. The van der Waals surface area contributed by atoms with Crippen LogP contribution >= 0.6 is 12.2 Å². The summed E-state index contributed by atoms with van der Waals surface area (Å²) in [5, 5.41) is 7.72. The van der Waals surface area contributed by atoms with Crippen LogP contribution < -0.4 is 11.3 Å². The Labute approximate surface area is 103 Å². The van der Waals surface area contributed by atoms with E-state index in [1.165, 1.54) is 4.57 Å². The minimum atomic E-state index is -0.217. The summed E-state index contributed by atoms with van der Waals surface area (Å²) < 4.78 is 3.08. The summed E-state index contributed by atoms with van der Waals surface area (Å²) in [6.07, 6.45) is 3.42. The summed E-state index contributed by atoms with van der Waals surface area (Å²) in [5.41, 5.74) is 6.29. The molecule has 2 aromatic rings. The van der Waals surface area contributed by atoms with Gasteiger partial charge in [-0.05, 0) is 12.1 Å². The van der Waals surface area contributed by atoms with Crippen LogP contribution in [0.1, 0.15) is 11.3 Å². The molecule has 2 N–H and O–H groups in total. The molecule has 0 atom stereocenters. The molecule has 0 saturated heterocycles. The second kappa shape index (κ2) is 4.46. The molecular weight excluding hydrogens is 238 g/mol. The van der Waals surface area contributed by atoms with Crippen molar-refractivity contribution in [1.29, 1.82) is 0 Å². The third-order valence-corrected chi connectivity index (χ3v) is 2.49. The first kappa shape index (κ1) is 11.5. The molecule has 6 nitrogen and oxygen atoms in total. The molecule has 0 aromatic carbocycles. The van der Waals surface area contributed by atoms with Crippen LogP contribution in [0.4, 0.5) is 0 Å². The standard InChI is InChI=1S/C10H11N5OS/c1-14-5-7(12-13-14)6-15-4-2-3-8(9(11)17)10(15)16/h2-5H,6H2,1H3,(H2,11,17). The Hall–Kier alpha value is -2.02. The van der Waals surface area contributed by atoms with E-state index >= 15 is 0 Å². The van der Waals surface area contributed by atoms with E-state index in [0.29, 0.717) is 17.8 Å². The van der Waals surface area contributed by atoms with E-state index in [4.69, 9.17) is 18.0 Å². The lowest BCUT2D eigenvalue weighted by atomic mass is 10.2. The Morgan fingerprint density at radius 1 is 1.59 bits per heavy atom. The summed E-state index contributed by atoms with van der Waals surface area (Å²) in [7, 11) is 1.77. The van der Waals surface area contributed by atoms with Crippen LogP contribution in [0, 0.1) is 0 Å². The summed E-state index contributed by atoms with van der Waals surface area (Å²) >= 11 is 4.81. The third kappa shape index (κ3) is 2.39. The van der Waals surface area contributed by atoms with E-state index in [9.17, 15) is 4.79 Å². The molecule has 88 valence electrons. The highest BCUT2D eigenvalue weighted by Crippen LogP contribution is 1.97. The van der Waals surface area contributed by atoms with E-state index in [1.54, 1.807) is 36.3 Å². The smallest absolute Gasteiger partial charge is 0.261 e. The van der Waals surface area contributed by atoms with Crippen LogP contribution in [0.15, 0.2) is 29.3 Å². The minimum Gasteiger partial charge on any atom is -0.389 e. The predicted molar refractivity (Wildman–Crippen MR) is 66.7 cm³/mol. The number of aromatic nitrogens is 4. The molecule has 2 heterocycles. The monoisotopic (exact) mass is 249 g/mol. The molecule has 0 aliphatic heterocycles. The third-order valence-electron chi connectivity index (χ3n) is 2.27. The highest BCUT2D eigenvalue weighted by molar-refractivity contribution is 7.80. The zero-order valence-electron chi connectivity index (χ0n) is 9.20. The maximum Gasteiger partial charge on any atom is 0.261 e. The van der Waals surface area contributed by atoms with Crippen LogP contribution in [0.2, 0.25) is 0 Å². The van der Waals surface area contributed by atoms with Crippen molar-refractivity contribution in [3.8, 4) is 0 Å². The fourth-order valence-electron chi connectivity index (χ4n) is 1.49. The molecule has 0 saturated carbocycles. The van der Waals surface area contributed by atoms with Crippen molar-refractivity contribution in [2.75, 3.05) is 0 Å². The Bertz CT molecular complexity index is 615. The quantitative estimate of drug-likeness (QED) is 0.753. The van der Waals surface area contributed by atoms with Gasteiger partial charge in [0.15, 0.2) is 0 Å². The molecule has 0 spiro atoms. The van der Waals surface area contributed by atoms with E-state index in [0.717, 1.165) is 0 Å². The SMILES string of the molecule is Cn1cc(Cn2cccc(C(N)=S)c2=O)nn1. The summed E-state index contributed by atoms with van der Waals surface area (Å²) in [5.74, 6) is 0. The van der Waals surface area contributed by atoms with Gasteiger partial charge in [-0.25, -0.2) is 0 Å². The molecule has 17 heavy (non-hydrogen) atoms. The molecule has 0 bridgehead atoms. The molecule has 0 unspecified atom stereocenters. The van der Waals surface area contributed by atoms with Crippen LogP contribution in [0.25, 0.3) is 0 Å². The Kier molecular flexibility index (Phi) is 3.01. The first-order chi connectivity index (χ1) is 8.08. The minimum absolute atomic E-state index is 0.100. The lowest BCUT2D eigenvalue weighted by Crippen LogP contribution is -2.28. The van der Waals surface area contributed by atoms with Gasteiger partial charge < -0.3 is 10.3 Å². The van der Waals surface area contributed by atoms with Crippen molar-refractivity contribution in [2.45, 2.75) is 6.54 Å². The molecule has 7 heteroatoms. The Morgan fingerprint density at radius 3 is 2.94 bits per heavy atom. The maximum atomic E-state index is 12.0. The zero-order valence-corrected chi connectivity index (χ0v) is 10.0. The van der Waals surface area contributed by atoms with Crippen LogP contribution in [0.3, 0.4) is 0 Å². The molecule has 0 amide bonds. The van der Waals surface area contributed by atoms with E-state index < -0.39 is 0 Å². The van der Waals surface area contributed by atoms with Gasteiger partial charge in [0, 0.05) is 19.4 Å². The van der Waals surface area contributed by atoms with Gasteiger partial charge in [0.25, 0.3) is 5.56 Å². The number of nitrogens with two attached hydrogens (primary N) is 1. The van der Waals surface area contributed by atoms with Gasteiger partial charge in [0.2, 0.25) is 0 Å². The number of rotatable bonds is 3. The number of hydrogen-bond donors (Lipinski definition) is 1. The van der Waals surface area contributed by atoms with Crippen LogP contribution in [0.5, 0.6) is 0 Å². The fraction of sp³-hybridized carbons (Fsp3) is 0.200. The molecular formula is C10H11N5OS. The fourth-order valence-corrected chi connectivity index (χ4v) is 1.65. The summed E-state index contributed by atoms with van der Waals surface area (Å²) in [6, 6.07) is 3.34. The molecule has 0 aliphatic carbocycles. The van der Waals surface area contributed by atoms with Gasteiger partial charge in [-0.1, -0.05) is 17.4 Å². The summed E-state index contributed by atoms with van der Waals surface area (Å²) in [6.45, 7) is 0.350. The zero-order chi connectivity index (χ0) is 12.4. The Balaban J connectivity index is 2.37. The van der Waals surface area contributed by atoms with Gasteiger partial charge in [-0.3, -0.25) is 9.48 Å². The molecule has 0 fully saturated rings. The lowest BCUT2D eigenvalue weighted by Gasteiger charge is -2.04. The highest BCUT2D eigenvalue weighted by Gasteiger charge is 2.07. The number of hydrogen-bond acceptors (Lipinski definition) is 4. The van der Waals surface area contributed by atoms with Gasteiger partial charge >= 0.3 is 0 Å². The van der Waals surface area contributed by atoms with Crippen molar-refractivity contribution in [2.24, 2.45) is 12.8 Å². The lowest BCUT2D eigenvalue weighted by molar-refractivity contribution is 0.705. The van der Waals surface area contributed by atoms with Crippen molar-refractivity contribution in [3.63, 3.8) is 0 Å². The second-order valence-electron chi connectivity index (χ2n) is 3.60. The number of pyridine rings is 1. The average Bonchev–Trinajstić information content (AvgIpc) is 2.67. The van der Waals surface area contributed by atoms with Crippen molar-refractivity contribution < 1.29 is 0 Å². The van der Waals surface area contributed by atoms with E-state index in [-0.39, 0.29) is 10.5 Å². The molecule has 0 radical (unpaired) electrons. The normalized spacial score (nSPS) is 10.4. The van der Waals surface area contributed by atoms with Gasteiger partial charge in [0.1, 0.15) is 10.7 Å². The van der Waals surface area contributed by atoms with Gasteiger partial charge in [-0.15, -0.1) is 5.10 Å². The predicted octanol–water partition coefficient (Wildman–Crippen LogP) is -0.341. The number of aryl methyl sites for hydroxylation is 1. The van der Waals surface area contributed by atoms with Crippen molar-refractivity contribution in [3.05, 3.63) is 46.1 Å². The average molecular weight is 249 g/mol. The molecule has 2 aromatic heterocycles. The van der Waals surface area contributed by atoms with E-state index in [2.05, 4.69) is 10.3 Å². The number of thiocarbonyl (C=S) groups is 1. The molecule has 0 aliphatic rings. The largest absolute Gasteiger partial charge is 0.389 e. The first-order valence-corrected chi connectivity index (χ1v) is 5.33. The van der Waals surface area contributed by atoms with Crippen molar-refractivity contribution in [1.82, 2.24) is 19.6 Å². The van der Waals surface area contributed by atoms with Crippen LogP contribution in [-0.4, -0.2) is 24.5 Å². The van der Waals surface area contributed by atoms with Gasteiger partial charge in [-0.2, -0.15) is 0 Å². The topological polar surface area (TPSA) is 78.7 Å².